The van der Waals surface area contributed by atoms with Crippen LogP contribution >= 0.6 is 11.8 Å². The van der Waals surface area contributed by atoms with Crippen LogP contribution in [0, 0.1) is 0 Å². The van der Waals surface area contributed by atoms with E-state index in [1.807, 2.05) is 24.5 Å². The van der Waals surface area contributed by atoms with Crippen LogP contribution in [0.5, 0.6) is 5.75 Å². The smallest absolute Gasteiger partial charge is 0.264 e. The number of carbonyl (C=O) groups is 1. The Kier molecular flexibility index (Phi) is 4.19. The van der Waals surface area contributed by atoms with Gasteiger partial charge < -0.3 is 4.74 Å². The van der Waals surface area contributed by atoms with Crippen LogP contribution in [0.1, 0.15) is 0 Å². The maximum Gasteiger partial charge on any atom is 0.264 e. The normalized spacial score (nSPS) is 10.1. The van der Waals surface area contributed by atoms with Gasteiger partial charge in [0.25, 0.3) is 5.91 Å². The van der Waals surface area contributed by atoms with Crippen molar-refractivity contribution >= 4 is 23.6 Å². The molecular formula is C11H12N4O2S. The van der Waals surface area contributed by atoms with Crippen molar-refractivity contribution in [1.29, 1.82) is 0 Å². The summed E-state index contributed by atoms with van der Waals surface area (Å²) in [6.45, 7) is -0.0701. The SMILES string of the molecule is CSc1n[nH]c(NC(=O)COc2ccccc2)n1. The number of aromatic amines is 1. The lowest BCUT2D eigenvalue weighted by atomic mass is 10.3. The fourth-order valence-electron chi connectivity index (χ4n) is 1.23. The average Bonchev–Trinajstić information content (AvgIpc) is 2.85. The summed E-state index contributed by atoms with van der Waals surface area (Å²) in [4.78, 5) is 15.6. The molecule has 0 unspecified atom stereocenters. The number of thioether (sulfide) groups is 1. The number of ether oxygens (including phenoxy) is 1. The summed E-state index contributed by atoms with van der Waals surface area (Å²) in [6, 6.07) is 9.13. The van der Waals surface area contributed by atoms with Crippen molar-refractivity contribution in [3.63, 3.8) is 0 Å². The molecule has 0 saturated heterocycles. The van der Waals surface area contributed by atoms with Crippen molar-refractivity contribution in [1.82, 2.24) is 15.2 Å². The molecule has 0 aliphatic carbocycles. The van der Waals surface area contributed by atoms with E-state index < -0.39 is 0 Å². The first-order chi connectivity index (χ1) is 8.78. The second-order valence-electron chi connectivity index (χ2n) is 3.32. The molecule has 94 valence electrons. The Morgan fingerprint density at radius 1 is 1.44 bits per heavy atom. The quantitative estimate of drug-likeness (QED) is 0.801. The maximum atomic E-state index is 11.6. The molecule has 0 aliphatic heterocycles. The van der Waals surface area contributed by atoms with E-state index >= 15 is 0 Å². The number of H-pyrrole nitrogens is 1. The summed E-state index contributed by atoms with van der Waals surface area (Å²) in [7, 11) is 0. The highest BCUT2D eigenvalue weighted by molar-refractivity contribution is 7.98. The van der Waals surface area contributed by atoms with Crippen molar-refractivity contribution in [2.24, 2.45) is 0 Å². The Balaban J connectivity index is 1.82. The molecular weight excluding hydrogens is 252 g/mol. The molecule has 2 rings (SSSR count). The van der Waals surface area contributed by atoms with Crippen LogP contribution in [0.25, 0.3) is 0 Å². The zero-order chi connectivity index (χ0) is 12.8. The number of rotatable bonds is 5. The minimum absolute atomic E-state index is 0.0701. The number of carbonyl (C=O) groups excluding carboxylic acids is 1. The maximum absolute atomic E-state index is 11.6. The van der Waals surface area contributed by atoms with Crippen LogP contribution in [0.3, 0.4) is 0 Å². The predicted octanol–water partition coefficient (Wildman–Crippen LogP) is 1.54. The Morgan fingerprint density at radius 3 is 2.89 bits per heavy atom. The highest BCUT2D eigenvalue weighted by atomic mass is 32.2. The third-order valence-electron chi connectivity index (χ3n) is 2.02. The highest BCUT2D eigenvalue weighted by Crippen LogP contribution is 2.10. The monoisotopic (exact) mass is 264 g/mol. The first-order valence-corrected chi connectivity index (χ1v) is 6.44. The number of hydrogen-bond acceptors (Lipinski definition) is 5. The van der Waals surface area contributed by atoms with E-state index in [9.17, 15) is 4.79 Å². The number of para-hydroxylation sites is 1. The Morgan fingerprint density at radius 2 is 2.22 bits per heavy atom. The van der Waals surface area contributed by atoms with Gasteiger partial charge in [0.1, 0.15) is 5.75 Å². The van der Waals surface area contributed by atoms with Gasteiger partial charge in [-0.25, -0.2) is 5.10 Å². The van der Waals surface area contributed by atoms with Crippen LogP contribution < -0.4 is 10.1 Å². The minimum atomic E-state index is -0.289. The second kappa shape index (κ2) is 6.06. The third-order valence-corrected chi connectivity index (χ3v) is 2.57. The van der Waals surface area contributed by atoms with Crippen LogP contribution in [0.2, 0.25) is 0 Å². The van der Waals surface area contributed by atoms with E-state index in [4.69, 9.17) is 4.74 Å². The molecule has 0 radical (unpaired) electrons. The van der Waals surface area contributed by atoms with Gasteiger partial charge >= 0.3 is 0 Å². The van der Waals surface area contributed by atoms with E-state index in [0.717, 1.165) is 0 Å². The summed E-state index contributed by atoms with van der Waals surface area (Å²) in [6.07, 6.45) is 1.85. The summed E-state index contributed by atoms with van der Waals surface area (Å²) in [5.74, 6) is 0.679. The molecule has 0 aliphatic rings. The zero-order valence-corrected chi connectivity index (χ0v) is 10.5. The molecule has 7 heteroatoms. The van der Waals surface area contributed by atoms with E-state index in [1.54, 1.807) is 12.1 Å². The standard InChI is InChI=1S/C11H12N4O2S/c1-18-11-13-10(14-15-11)12-9(16)7-17-8-5-3-2-4-6-8/h2-6H,7H2,1H3,(H2,12,13,14,15,16). The van der Waals surface area contributed by atoms with Gasteiger partial charge in [-0.1, -0.05) is 30.0 Å². The number of nitrogens with one attached hydrogen (secondary N) is 2. The number of anilines is 1. The van der Waals surface area contributed by atoms with E-state index in [2.05, 4.69) is 20.5 Å². The zero-order valence-electron chi connectivity index (χ0n) is 9.71. The molecule has 0 atom stereocenters. The van der Waals surface area contributed by atoms with Gasteiger partial charge in [0.05, 0.1) is 0 Å². The fraction of sp³-hybridized carbons (Fsp3) is 0.182. The second-order valence-corrected chi connectivity index (χ2v) is 4.09. The first-order valence-electron chi connectivity index (χ1n) is 5.22. The summed E-state index contributed by atoms with van der Waals surface area (Å²) in [5, 5.41) is 9.63. The summed E-state index contributed by atoms with van der Waals surface area (Å²) >= 11 is 1.39. The Labute approximate surface area is 108 Å². The van der Waals surface area contributed by atoms with E-state index in [1.165, 1.54) is 11.8 Å². The molecule has 0 spiro atoms. The lowest BCUT2D eigenvalue weighted by Gasteiger charge is -2.04. The molecule has 6 nitrogen and oxygen atoms in total. The third kappa shape index (κ3) is 3.49. The Bertz CT molecular complexity index is 515. The molecule has 0 bridgehead atoms. The number of benzene rings is 1. The van der Waals surface area contributed by atoms with Crippen LogP contribution in [0.4, 0.5) is 5.95 Å². The van der Waals surface area contributed by atoms with Gasteiger partial charge in [0, 0.05) is 0 Å². The van der Waals surface area contributed by atoms with Gasteiger partial charge in [-0.05, 0) is 18.4 Å². The minimum Gasteiger partial charge on any atom is -0.484 e. The van der Waals surface area contributed by atoms with E-state index in [0.29, 0.717) is 16.9 Å². The fourth-order valence-corrected chi connectivity index (χ4v) is 1.55. The molecule has 1 heterocycles. The first kappa shape index (κ1) is 12.4. The molecule has 1 amide bonds. The van der Waals surface area contributed by atoms with Gasteiger partial charge in [0.2, 0.25) is 11.1 Å². The number of amides is 1. The molecule has 1 aromatic carbocycles. The van der Waals surface area contributed by atoms with Gasteiger partial charge in [-0.3, -0.25) is 10.1 Å². The molecule has 2 aromatic rings. The van der Waals surface area contributed by atoms with Crippen LogP contribution in [-0.4, -0.2) is 34.0 Å². The van der Waals surface area contributed by atoms with Crippen molar-refractivity contribution < 1.29 is 9.53 Å². The molecule has 2 N–H and O–H groups in total. The van der Waals surface area contributed by atoms with Crippen molar-refractivity contribution in [2.45, 2.75) is 5.16 Å². The van der Waals surface area contributed by atoms with Crippen LogP contribution in [0.15, 0.2) is 35.5 Å². The van der Waals surface area contributed by atoms with Crippen LogP contribution in [-0.2, 0) is 4.79 Å². The largest absolute Gasteiger partial charge is 0.484 e. The molecule has 18 heavy (non-hydrogen) atoms. The average molecular weight is 264 g/mol. The van der Waals surface area contributed by atoms with Gasteiger partial charge in [0.15, 0.2) is 6.61 Å². The summed E-state index contributed by atoms with van der Waals surface area (Å²) < 4.78 is 5.29. The molecule has 1 aromatic heterocycles. The highest BCUT2D eigenvalue weighted by Gasteiger charge is 2.07. The topological polar surface area (TPSA) is 79.9 Å². The van der Waals surface area contributed by atoms with Crippen molar-refractivity contribution in [3.05, 3.63) is 30.3 Å². The lowest BCUT2D eigenvalue weighted by molar-refractivity contribution is -0.118. The van der Waals surface area contributed by atoms with E-state index in [-0.39, 0.29) is 12.5 Å². The lowest BCUT2D eigenvalue weighted by Crippen LogP contribution is -2.20. The molecule has 0 saturated carbocycles. The van der Waals surface area contributed by atoms with Gasteiger partial charge in [-0.2, -0.15) is 4.98 Å². The number of nitrogens with zero attached hydrogens (tertiary/aromatic N) is 2. The number of aromatic nitrogens is 3. The van der Waals surface area contributed by atoms with Crippen molar-refractivity contribution in [3.8, 4) is 5.75 Å². The predicted molar refractivity (Wildman–Crippen MR) is 68.7 cm³/mol. The Hall–Kier alpha value is -2.02. The van der Waals surface area contributed by atoms with Crippen molar-refractivity contribution in [2.75, 3.05) is 18.2 Å². The number of hydrogen-bond donors (Lipinski definition) is 2. The summed E-state index contributed by atoms with van der Waals surface area (Å²) in [5.41, 5.74) is 0. The van der Waals surface area contributed by atoms with Gasteiger partial charge in [-0.15, -0.1) is 5.10 Å². The molecule has 0 fully saturated rings.